The van der Waals surface area contributed by atoms with Crippen LogP contribution in [0.2, 0.25) is 0 Å². The van der Waals surface area contributed by atoms with Crippen molar-refractivity contribution >= 4 is 60.8 Å². The smallest absolute Gasteiger partial charge is 0.206 e. The number of carbonyl (C=O) groups excluding carboxylic acids is 1. The van der Waals surface area contributed by atoms with Crippen molar-refractivity contribution in [3.63, 3.8) is 0 Å². The Kier molecular flexibility index (Phi) is 3.98. The second kappa shape index (κ2) is 4.21. The van der Waals surface area contributed by atoms with E-state index in [1.54, 1.807) is 0 Å². The van der Waals surface area contributed by atoms with E-state index in [1.165, 1.54) is 0 Å². The monoisotopic (exact) mass is 366 g/mol. The molecular formula is C8H10Br2Cl2O2. The normalized spacial score (nSPS) is 29.1. The van der Waals surface area contributed by atoms with Crippen LogP contribution in [-0.2, 0) is 9.53 Å². The number of Topliss-reactive ketones (excluding diaryl/α,β-unsaturated/α-hetero) is 1. The van der Waals surface area contributed by atoms with Gasteiger partial charge in [0.15, 0.2) is 3.23 Å². The van der Waals surface area contributed by atoms with Crippen LogP contribution in [0.15, 0.2) is 0 Å². The highest BCUT2D eigenvalue weighted by Crippen LogP contribution is 2.56. The molecule has 0 amide bonds. The average Bonchev–Trinajstić information content (AvgIpc) is 2.01. The molecule has 6 heteroatoms. The van der Waals surface area contributed by atoms with Gasteiger partial charge in [-0.05, 0) is 5.92 Å². The van der Waals surface area contributed by atoms with Crippen molar-refractivity contribution in [2.45, 2.75) is 27.5 Å². The van der Waals surface area contributed by atoms with E-state index in [1.807, 2.05) is 13.8 Å². The molecule has 0 bridgehead atoms. The lowest BCUT2D eigenvalue weighted by Crippen LogP contribution is -2.68. The van der Waals surface area contributed by atoms with Gasteiger partial charge in [0.2, 0.25) is 10.1 Å². The predicted molar refractivity (Wildman–Crippen MR) is 64.6 cm³/mol. The third kappa shape index (κ3) is 2.14. The number of hydrogen-bond donors (Lipinski definition) is 0. The van der Waals surface area contributed by atoms with Crippen molar-refractivity contribution in [3.8, 4) is 0 Å². The van der Waals surface area contributed by atoms with Gasteiger partial charge in [0.05, 0.1) is 0 Å². The maximum Gasteiger partial charge on any atom is 0.206 e. The Morgan fingerprint density at radius 2 is 2.00 bits per heavy atom. The van der Waals surface area contributed by atoms with Gasteiger partial charge in [-0.2, -0.15) is 0 Å². The first kappa shape index (κ1) is 13.2. The van der Waals surface area contributed by atoms with Crippen molar-refractivity contribution < 1.29 is 9.53 Å². The molecule has 0 aromatic rings. The quantitative estimate of drug-likeness (QED) is 0.715. The first-order valence-corrected chi connectivity index (χ1v) is 6.47. The van der Waals surface area contributed by atoms with E-state index in [9.17, 15) is 4.79 Å². The fourth-order valence-corrected chi connectivity index (χ4v) is 4.42. The molecular weight excluding hydrogens is 359 g/mol. The van der Waals surface area contributed by atoms with E-state index in [4.69, 9.17) is 27.9 Å². The van der Waals surface area contributed by atoms with E-state index in [0.29, 0.717) is 12.5 Å². The number of rotatable bonds is 3. The Morgan fingerprint density at radius 3 is 2.36 bits per heavy atom. The van der Waals surface area contributed by atoms with Crippen LogP contribution >= 0.6 is 55.1 Å². The number of hydrogen-bond acceptors (Lipinski definition) is 2. The largest absolute Gasteiger partial charge is 0.371 e. The summed E-state index contributed by atoms with van der Waals surface area (Å²) in [5.74, 6) is 0.0488. The van der Waals surface area contributed by atoms with Crippen molar-refractivity contribution in [1.29, 1.82) is 0 Å². The van der Waals surface area contributed by atoms with Crippen LogP contribution in [0.25, 0.3) is 0 Å². The maximum atomic E-state index is 11.4. The number of ether oxygens (including phenoxy) is 1. The van der Waals surface area contributed by atoms with Gasteiger partial charge in [0.1, 0.15) is 6.10 Å². The number of carbonyl (C=O) groups is 1. The molecule has 2 nitrogen and oxygen atoms in total. The number of halogens is 4. The standard InChI is InChI=1S/C8H10Br2Cl2O2/c1-4(2)3-14-6-7(9,10)5(13)8(6,11)12/h4,6H,3H2,1-2H3. The van der Waals surface area contributed by atoms with Gasteiger partial charge in [-0.25, -0.2) is 0 Å². The van der Waals surface area contributed by atoms with E-state index in [0.717, 1.165) is 0 Å². The fourth-order valence-electron chi connectivity index (χ4n) is 1.11. The van der Waals surface area contributed by atoms with E-state index in [2.05, 4.69) is 31.9 Å². The van der Waals surface area contributed by atoms with E-state index in [-0.39, 0.29) is 5.78 Å². The van der Waals surface area contributed by atoms with Gasteiger partial charge in [-0.3, -0.25) is 4.79 Å². The fraction of sp³-hybridized carbons (Fsp3) is 0.875. The molecule has 1 aliphatic rings. The molecule has 0 N–H and O–H groups in total. The molecule has 0 aliphatic heterocycles. The summed E-state index contributed by atoms with van der Waals surface area (Å²) in [6, 6.07) is 0. The second-order valence-electron chi connectivity index (χ2n) is 3.68. The highest BCUT2D eigenvalue weighted by atomic mass is 79.9. The molecule has 82 valence electrons. The van der Waals surface area contributed by atoms with Crippen molar-refractivity contribution in [2.24, 2.45) is 5.92 Å². The summed E-state index contributed by atoms with van der Waals surface area (Å²) in [7, 11) is 0. The average molecular weight is 369 g/mol. The Hall–Kier alpha value is 1.17. The molecule has 0 spiro atoms. The van der Waals surface area contributed by atoms with Crippen LogP contribution in [0.3, 0.4) is 0 Å². The lowest BCUT2D eigenvalue weighted by molar-refractivity contribution is -0.136. The molecule has 0 saturated heterocycles. The molecule has 0 aromatic carbocycles. The van der Waals surface area contributed by atoms with Gasteiger partial charge in [0.25, 0.3) is 0 Å². The van der Waals surface area contributed by atoms with E-state index >= 15 is 0 Å². The zero-order valence-corrected chi connectivity index (χ0v) is 12.4. The summed E-state index contributed by atoms with van der Waals surface area (Å²) in [4.78, 5) is 11.4. The zero-order chi connectivity index (χ0) is 11.1. The molecule has 1 rings (SSSR count). The summed E-state index contributed by atoms with van der Waals surface area (Å²) in [6.45, 7) is 4.53. The van der Waals surface area contributed by atoms with E-state index < -0.39 is 13.7 Å². The minimum absolute atomic E-state index is 0.318. The summed E-state index contributed by atoms with van der Waals surface area (Å²) in [6.07, 6.45) is -0.562. The summed E-state index contributed by atoms with van der Waals surface area (Å²) in [5.41, 5.74) is 0. The third-order valence-corrected chi connectivity index (χ3v) is 4.15. The Morgan fingerprint density at radius 1 is 1.50 bits per heavy atom. The van der Waals surface area contributed by atoms with Gasteiger partial charge in [-0.15, -0.1) is 0 Å². The highest BCUT2D eigenvalue weighted by Gasteiger charge is 2.70. The van der Waals surface area contributed by atoms with Crippen molar-refractivity contribution in [3.05, 3.63) is 0 Å². The SMILES string of the molecule is CC(C)COC1C(Cl)(Cl)C(=O)C1(Br)Br. The van der Waals surface area contributed by atoms with Crippen LogP contribution in [-0.4, -0.2) is 26.1 Å². The number of alkyl halides is 4. The molecule has 0 radical (unpaired) electrons. The minimum Gasteiger partial charge on any atom is -0.371 e. The highest BCUT2D eigenvalue weighted by molar-refractivity contribution is 9.26. The molecule has 1 atom stereocenters. The van der Waals surface area contributed by atoms with Crippen LogP contribution in [0, 0.1) is 5.92 Å². The van der Waals surface area contributed by atoms with Gasteiger partial charge >= 0.3 is 0 Å². The van der Waals surface area contributed by atoms with Crippen molar-refractivity contribution in [1.82, 2.24) is 0 Å². The second-order valence-corrected chi connectivity index (χ2v) is 8.63. The Bertz CT molecular complexity index is 236. The minimum atomic E-state index is -1.44. The third-order valence-electron chi connectivity index (χ3n) is 1.86. The predicted octanol–water partition coefficient (Wildman–Crippen LogP) is 3.27. The molecule has 1 saturated carbocycles. The molecule has 1 aliphatic carbocycles. The lowest BCUT2D eigenvalue weighted by Gasteiger charge is -2.47. The lowest BCUT2D eigenvalue weighted by atomic mass is 9.92. The first-order chi connectivity index (χ1) is 6.20. The zero-order valence-electron chi connectivity index (χ0n) is 7.69. The van der Waals surface area contributed by atoms with Gasteiger partial charge in [0, 0.05) is 6.61 Å². The first-order valence-electron chi connectivity index (χ1n) is 4.12. The number of ketones is 1. The Balaban J connectivity index is 2.64. The molecule has 1 unspecified atom stereocenters. The molecule has 0 heterocycles. The van der Waals surface area contributed by atoms with Gasteiger partial charge in [-0.1, -0.05) is 68.9 Å². The van der Waals surface area contributed by atoms with Crippen LogP contribution in [0.4, 0.5) is 0 Å². The molecule has 0 aromatic heterocycles. The maximum absolute atomic E-state index is 11.4. The van der Waals surface area contributed by atoms with Crippen LogP contribution < -0.4 is 0 Å². The summed E-state index contributed by atoms with van der Waals surface area (Å²) >= 11 is 18.0. The topological polar surface area (TPSA) is 26.3 Å². The molecule has 1 fully saturated rings. The summed E-state index contributed by atoms with van der Waals surface area (Å²) < 4.78 is 3.09. The summed E-state index contributed by atoms with van der Waals surface area (Å²) in [5, 5.41) is 0. The van der Waals surface area contributed by atoms with Crippen LogP contribution in [0.5, 0.6) is 0 Å². The Labute approximate surface area is 110 Å². The molecule has 14 heavy (non-hydrogen) atoms. The van der Waals surface area contributed by atoms with Crippen molar-refractivity contribution in [2.75, 3.05) is 6.61 Å². The van der Waals surface area contributed by atoms with Crippen LogP contribution in [0.1, 0.15) is 13.8 Å². The van der Waals surface area contributed by atoms with Gasteiger partial charge < -0.3 is 4.74 Å².